The number of nitrogens with one attached hydrogen (secondary N) is 1. The molecule has 0 saturated heterocycles. The molecule has 1 aromatic carbocycles. The van der Waals surface area contributed by atoms with Crippen molar-refractivity contribution in [2.45, 2.75) is 40.2 Å². The van der Waals surface area contributed by atoms with Gasteiger partial charge in [0.15, 0.2) is 0 Å². The summed E-state index contributed by atoms with van der Waals surface area (Å²) >= 11 is 0. The van der Waals surface area contributed by atoms with Gasteiger partial charge in [-0.05, 0) is 39.3 Å². The molecule has 0 aliphatic rings. The van der Waals surface area contributed by atoms with Crippen LogP contribution in [0, 0.1) is 10.1 Å². The fourth-order valence-electron chi connectivity index (χ4n) is 2.14. The van der Waals surface area contributed by atoms with Gasteiger partial charge in [-0.1, -0.05) is 6.92 Å². The van der Waals surface area contributed by atoms with Crippen molar-refractivity contribution in [2.75, 3.05) is 18.4 Å². The zero-order valence-electron chi connectivity index (χ0n) is 13.0. The lowest BCUT2D eigenvalue weighted by atomic mass is 10.1. The molecule has 1 rings (SSSR count). The Morgan fingerprint density at radius 1 is 1.38 bits per heavy atom. The highest BCUT2D eigenvalue weighted by Gasteiger charge is 2.25. The molecule has 6 nitrogen and oxygen atoms in total. The van der Waals surface area contributed by atoms with Crippen LogP contribution in [0.3, 0.4) is 0 Å². The Bertz CT molecular complexity index is 515. The van der Waals surface area contributed by atoms with E-state index in [0.717, 1.165) is 18.7 Å². The van der Waals surface area contributed by atoms with Gasteiger partial charge in [-0.2, -0.15) is 0 Å². The summed E-state index contributed by atoms with van der Waals surface area (Å²) in [5.74, 6) is -0.306. The van der Waals surface area contributed by atoms with Gasteiger partial charge in [0.05, 0.1) is 4.92 Å². The van der Waals surface area contributed by atoms with Gasteiger partial charge < -0.3 is 10.2 Å². The van der Waals surface area contributed by atoms with E-state index in [9.17, 15) is 14.9 Å². The van der Waals surface area contributed by atoms with E-state index in [4.69, 9.17) is 0 Å². The molecular weight excluding hydrogens is 270 g/mol. The van der Waals surface area contributed by atoms with Crippen LogP contribution in [0.5, 0.6) is 0 Å². The van der Waals surface area contributed by atoms with Crippen LogP contribution < -0.4 is 5.32 Å². The normalized spacial score (nSPS) is 10.5. The average molecular weight is 293 g/mol. The molecule has 0 radical (unpaired) electrons. The van der Waals surface area contributed by atoms with Crippen LogP contribution in [-0.4, -0.2) is 34.9 Å². The lowest BCUT2D eigenvalue weighted by Gasteiger charge is -2.25. The molecule has 6 heteroatoms. The lowest BCUT2D eigenvalue weighted by molar-refractivity contribution is -0.385. The van der Waals surface area contributed by atoms with Crippen molar-refractivity contribution in [2.24, 2.45) is 0 Å². The van der Waals surface area contributed by atoms with Crippen LogP contribution in [0.2, 0.25) is 0 Å². The monoisotopic (exact) mass is 293 g/mol. The zero-order valence-corrected chi connectivity index (χ0v) is 13.0. The Balaban J connectivity index is 3.22. The quantitative estimate of drug-likeness (QED) is 0.618. The largest absolute Gasteiger partial charge is 0.385 e. The number of amides is 1. The van der Waals surface area contributed by atoms with E-state index in [2.05, 4.69) is 5.32 Å². The van der Waals surface area contributed by atoms with Crippen molar-refractivity contribution in [3.8, 4) is 0 Å². The van der Waals surface area contributed by atoms with Gasteiger partial charge in [-0.25, -0.2) is 0 Å². The maximum Gasteiger partial charge on any atom is 0.282 e. The van der Waals surface area contributed by atoms with E-state index in [0.29, 0.717) is 6.54 Å². The van der Waals surface area contributed by atoms with E-state index >= 15 is 0 Å². The molecule has 0 atom stereocenters. The molecule has 1 N–H and O–H groups in total. The molecule has 0 heterocycles. The van der Waals surface area contributed by atoms with Gasteiger partial charge in [0.25, 0.3) is 11.6 Å². The molecule has 0 unspecified atom stereocenters. The summed E-state index contributed by atoms with van der Waals surface area (Å²) in [7, 11) is 0. The van der Waals surface area contributed by atoms with Crippen LogP contribution in [0.25, 0.3) is 0 Å². The summed E-state index contributed by atoms with van der Waals surface area (Å²) in [6, 6.07) is 4.59. The van der Waals surface area contributed by atoms with Crippen molar-refractivity contribution >= 4 is 17.3 Å². The van der Waals surface area contributed by atoms with Gasteiger partial charge in [-0.15, -0.1) is 0 Å². The van der Waals surface area contributed by atoms with Crippen molar-refractivity contribution < 1.29 is 9.72 Å². The number of nitro groups is 1. The zero-order chi connectivity index (χ0) is 16.0. The Hall–Kier alpha value is -2.11. The molecule has 1 aromatic rings. The second kappa shape index (κ2) is 7.61. The number of nitro benzene ring substituents is 1. The first-order chi connectivity index (χ1) is 9.92. The van der Waals surface area contributed by atoms with Crippen molar-refractivity contribution in [1.29, 1.82) is 0 Å². The predicted octanol–water partition coefficient (Wildman–Crippen LogP) is 3.29. The minimum atomic E-state index is -0.509. The fraction of sp³-hybridized carbons (Fsp3) is 0.533. The van der Waals surface area contributed by atoms with Gasteiger partial charge in [-0.3, -0.25) is 14.9 Å². The van der Waals surface area contributed by atoms with Crippen LogP contribution in [0.15, 0.2) is 18.2 Å². The Morgan fingerprint density at radius 2 is 2.05 bits per heavy atom. The molecule has 0 bridgehead atoms. The van der Waals surface area contributed by atoms with Gasteiger partial charge in [0.1, 0.15) is 5.56 Å². The van der Waals surface area contributed by atoms with Crippen LogP contribution >= 0.6 is 0 Å². The van der Waals surface area contributed by atoms with Crippen molar-refractivity contribution in [3.63, 3.8) is 0 Å². The molecule has 1 amide bonds. The minimum absolute atomic E-state index is 0.00522. The van der Waals surface area contributed by atoms with Crippen LogP contribution in [0.1, 0.15) is 44.5 Å². The molecule has 21 heavy (non-hydrogen) atoms. The summed E-state index contributed by atoms with van der Waals surface area (Å²) in [5.41, 5.74) is 0.711. The first-order valence-corrected chi connectivity index (χ1v) is 7.25. The number of rotatable bonds is 7. The van der Waals surface area contributed by atoms with E-state index in [-0.39, 0.29) is 23.2 Å². The molecule has 0 spiro atoms. The summed E-state index contributed by atoms with van der Waals surface area (Å²) < 4.78 is 0. The standard InChI is InChI=1S/C15H23N3O3/c1-5-9-16-12-7-8-14(18(20)21)13(10-12)15(19)17(6-2)11(3)4/h7-8,10-11,16H,5-6,9H2,1-4H3. The van der Waals surface area contributed by atoms with E-state index in [1.54, 1.807) is 17.0 Å². The SMILES string of the molecule is CCCNc1ccc([N+](=O)[O-])c(C(=O)N(CC)C(C)C)c1. The molecular formula is C15H23N3O3. The maximum atomic E-state index is 12.6. The highest BCUT2D eigenvalue weighted by atomic mass is 16.6. The highest BCUT2D eigenvalue weighted by Crippen LogP contribution is 2.25. The van der Waals surface area contributed by atoms with Gasteiger partial charge >= 0.3 is 0 Å². The average Bonchev–Trinajstić information content (AvgIpc) is 2.44. The van der Waals surface area contributed by atoms with E-state index < -0.39 is 4.92 Å². The fourth-order valence-corrected chi connectivity index (χ4v) is 2.14. The number of benzene rings is 1. The molecule has 0 aliphatic heterocycles. The smallest absolute Gasteiger partial charge is 0.282 e. The minimum Gasteiger partial charge on any atom is -0.385 e. The Labute approximate surface area is 125 Å². The van der Waals surface area contributed by atoms with Crippen molar-refractivity contribution in [1.82, 2.24) is 4.90 Å². The molecule has 0 aromatic heterocycles. The number of anilines is 1. The van der Waals surface area contributed by atoms with Crippen LogP contribution in [0.4, 0.5) is 11.4 Å². The van der Waals surface area contributed by atoms with Crippen LogP contribution in [-0.2, 0) is 0 Å². The third-order valence-electron chi connectivity index (χ3n) is 3.23. The van der Waals surface area contributed by atoms with Gasteiger partial charge in [0, 0.05) is 30.9 Å². The van der Waals surface area contributed by atoms with Crippen molar-refractivity contribution in [3.05, 3.63) is 33.9 Å². The number of hydrogen-bond donors (Lipinski definition) is 1. The van der Waals surface area contributed by atoms with E-state index in [1.165, 1.54) is 6.07 Å². The highest BCUT2D eigenvalue weighted by molar-refractivity contribution is 5.99. The second-order valence-electron chi connectivity index (χ2n) is 5.10. The number of nitrogens with zero attached hydrogens (tertiary/aromatic N) is 2. The number of hydrogen-bond acceptors (Lipinski definition) is 4. The van der Waals surface area contributed by atoms with Gasteiger partial charge in [0.2, 0.25) is 0 Å². The lowest BCUT2D eigenvalue weighted by Crippen LogP contribution is -2.37. The third kappa shape index (κ3) is 4.18. The summed E-state index contributed by atoms with van der Waals surface area (Å²) in [6.07, 6.45) is 0.938. The Morgan fingerprint density at radius 3 is 2.52 bits per heavy atom. The van der Waals surface area contributed by atoms with E-state index in [1.807, 2.05) is 27.7 Å². The predicted molar refractivity (Wildman–Crippen MR) is 83.7 cm³/mol. The number of carbonyl (C=O) groups is 1. The summed E-state index contributed by atoms with van der Waals surface area (Å²) in [5, 5.41) is 14.3. The topological polar surface area (TPSA) is 75.5 Å². The molecule has 0 fully saturated rings. The maximum absolute atomic E-state index is 12.6. The molecule has 0 aliphatic carbocycles. The molecule has 116 valence electrons. The second-order valence-corrected chi connectivity index (χ2v) is 5.10. The Kier molecular flexibility index (Phi) is 6.14. The summed E-state index contributed by atoms with van der Waals surface area (Å²) in [6.45, 7) is 8.96. The molecule has 0 saturated carbocycles. The summed E-state index contributed by atoms with van der Waals surface area (Å²) in [4.78, 5) is 24.8. The number of carbonyl (C=O) groups excluding carboxylic acids is 1. The third-order valence-corrected chi connectivity index (χ3v) is 3.23. The first kappa shape index (κ1) is 16.9. The first-order valence-electron chi connectivity index (χ1n) is 7.25.